The van der Waals surface area contributed by atoms with Crippen molar-refractivity contribution in [3.05, 3.63) is 54.1 Å². The van der Waals surface area contributed by atoms with Gasteiger partial charge < -0.3 is 14.2 Å². The van der Waals surface area contributed by atoms with Crippen LogP contribution < -0.4 is 14.2 Å². The molecule has 13 heteroatoms. The first-order valence-electron chi connectivity index (χ1n) is 12.9. The van der Waals surface area contributed by atoms with Crippen LogP contribution in [0.5, 0.6) is 11.5 Å². The van der Waals surface area contributed by atoms with Gasteiger partial charge in [-0.25, -0.2) is 8.42 Å². The maximum atomic E-state index is 13.9. The lowest BCUT2D eigenvalue weighted by Crippen LogP contribution is -2.43. The number of allylic oxidation sites excluding steroid dienone is 1. The molecule has 2 heterocycles. The number of sulfonamides is 1. The molecule has 12 nitrogen and oxygen atoms in total. The van der Waals surface area contributed by atoms with E-state index in [4.69, 9.17) is 14.2 Å². The van der Waals surface area contributed by atoms with Crippen LogP contribution in [0.3, 0.4) is 0 Å². The van der Waals surface area contributed by atoms with Crippen molar-refractivity contribution >= 4 is 28.4 Å². The fraction of sp³-hybridized carbons (Fsp3) is 0.393. The zero-order valence-corrected chi connectivity index (χ0v) is 25.4. The first kappa shape index (κ1) is 31.4. The quantitative estimate of drug-likeness (QED) is 0.288. The lowest BCUT2D eigenvalue weighted by Gasteiger charge is -2.26. The highest BCUT2D eigenvalue weighted by Gasteiger charge is 2.35. The minimum absolute atomic E-state index is 0.0688. The van der Waals surface area contributed by atoms with Crippen molar-refractivity contribution in [2.45, 2.75) is 59.0 Å². The summed E-state index contributed by atoms with van der Waals surface area (Å²) in [6, 6.07) is 7.10. The Labute approximate surface area is 241 Å². The van der Waals surface area contributed by atoms with Crippen LogP contribution in [0, 0.1) is 6.92 Å². The van der Waals surface area contributed by atoms with Crippen LogP contribution in [0.25, 0.3) is 17.1 Å². The van der Waals surface area contributed by atoms with Crippen molar-refractivity contribution in [3.8, 4) is 28.6 Å². The highest BCUT2D eigenvalue weighted by atomic mass is 32.2. The summed E-state index contributed by atoms with van der Waals surface area (Å²) < 4.78 is 49.2. The number of nitrogens with zero attached hydrogens (tertiary/aromatic N) is 6. The summed E-state index contributed by atoms with van der Waals surface area (Å²) in [5.41, 5.74) is 2.96. The minimum Gasteiger partial charge on any atom is -0.494 e. The monoisotopic (exact) mass is 583 g/mol. The van der Waals surface area contributed by atoms with Gasteiger partial charge in [-0.3, -0.25) is 24.3 Å². The lowest BCUT2D eigenvalue weighted by atomic mass is 10.2. The Kier molecular flexibility index (Phi) is 10.4. The molecule has 0 aliphatic carbocycles. The second-order valence-electron chi connectivity index (χ2n) is 9.60. The largest absolute Gasteiger partial charge is 0.494 e. The van der Waals surface area contributed by atoms with Crippen molar-refractivity contribution in [2.24, 2.45) is 9.98 Å². The third-order valence-electron chi connectivity index (χ3n) is 6.11. The van der Waals surface area contributed by atoms with Gasteiger partial charge in [0.05, 0.1) is 26.0 Å². The lowest BCUT2D eigenvalue weighted by molar-refractivity contribution is 0.0462. The summed E-state index contributed by atoms with van der Waals surface area (Å²) in [6.07, 6.45) is 3.69. The predicted octanol–water partition coefficient (Wildman–Crippen LogP) is 4.60. The van der Waals surface area contributed by atoms with E-state index in [2.05, 4.69) is 36.6 Å². The molecule has 0 amide bonds. The number of anilines is 1. The number of hydrogen-bond donors (Lipinski definition) is 1. The maximum absolute atomic E-state index is 13.9. The van der Waals surface area contributed by atoms with E-state index in [1.54, 1.807) is 55.9 Å². The number of methoxy groups -OCH3 is 2. The molecule has 3 aromatic rings. The molecule has 0 aliphatic rings. The van der Waals surface area contributed by atoms with E-state index in [-0.39, 0.29) is 12.1 Å². The van der Waals surface area contributed by atoms with Gasteiger partial charge in [-0.15, -0.1) is 10.2 Å². The van der Waals surface area contributed by atoms with Crippen molar-refractivity contribution in [2.75, 3.05) is 18.9 Å². The van der Waals surface area contributed by atoms with Gasteiger partial charge in [0, 0.05) is 29.9 Å². The molecule has 0 aliphatic heterocycles. The number of aromatic nitrogens is 4. The predicted molar refractivity (Wildman–Crippen MR) is 161 cm³/mol. The number of hydrogen-bond acceptors (Lipinski definition) is 10. The smallest absolute Gasteiger partial charge is 0.243 e. The van der Waals surface area contributed by atoms with Crippen molar-refractivity contribution < 1.29 is 22.6 Å². The second-order valence-corrected chi connectivity index (χ2v) is 11.6. The molecule has 0 saturated heterocycles. The van der Waals surface area contributed by atoms with Gasteiger partial charge in [-0.1, -0.05) is 6.07 Å². The number of para-hydroxylation sites is 1. The Morgan fingerprint density at radius 2 is 1.76 bits per heavy atom. The molecule has 41 heavy (non-hydrogen) atoms. The molecule has 0 unspecified atom stereocenters. The van der Waals surface area contributed by atoms with E-state index in [0.29, 0.717) is 40.0 Å². The van der Waals surface area contributed by atoms with Gasteiger partial charge in [-0.05, 0) is 72.0 Å². The standard InChI is InChI=1S/C28H37N7O5S/c1-17(2)40-26(20(5)31-15-19(4)29-7)21(6)41(36,37)34-28-33-32-27(22-13-18(3)14-30-16-22)35(28)25-23(38-8)11-10-12-24(25)39-9/h10-17,21,26H,7H2,1-6,8-9H3,(H,33,34)/b19-15-,31-20+/t21-,26-/m0/s1. The average molecular weight is 584 g/mol. The second kappa shape index (κ2) is 13.5. The van der Waals surface area contributed by atoms with Crippen molar-refractivity contribution in [1.82, 2.24) is 19.7 Å². The van der Waals surface area contributed by atoms with E-state index in [0.717, 1.165) is 5.56 Å². The molecular weight excluding hydrogens is 546 g/mol. The number of aryl methyl sites for hydroxylation is 1. The molecule has 2 aromatic heterocycles. The highest BCUT2D eigenvalue weighted by molar-refractivity contribution is 7.93. The van der Waals surface area contributed by atoms with Crippen molar-refractivity contribution in [1.29, 1.82) is 0 Å². The van der Waals surface area contributed by atoms with E-state index in [9.17, 15) is 8.42 Å². The molecule has 2 atom stereocenters. The Hall–Kier alpha value is -4.10. The molecule has 0 radical (unpaired) electrons. The average Bonchev–Trinajstić information content (AvgIpc) is 3.35. The molecule has 0 spiro atoms. The molecule has 0 bridgehead atoms. The summed E-state index contributed by atoms with van der Waals surface area (Å²) in [7, 11) is -1.11. The summed E-state index contributed by atoms with van der Waals surface area (Å²) in [5, 5.41) is 7.50. The minimum atomic E-state index is -4.13. The Balaban J connectivity index is 2.18. The van der Waals surface area contributed by atoms with Gasteiger partial charge in [0.1, 0.15) is 28.5 Å². The zero-order valence-electron chi connectivity index (χ0n) is 24.6. The maximum Gasteiger partial charge on any atom is 0.243 e. The molecule has 220 valence electrons. The molecule has 1 aromatic carbocycles. The van der Waals surface area contributed by atoms with Crippen molar-refractivity contribution in [3.63, 3.8) is 0 Å². The number of rotatable bonds is 13. The van der Waals surface area contributed by atoms with Crippen LogP contribution in [-0.4, -0.2) is 72.3 Å². The Bertz CT molecular complexity index is 1520. The topological polar surface area (TPSA) is 142 Å². The van der Waals surface area contributed by atoms with Gasteiger partial charge in [0.15, 0.2) is 5.82 Å². The first-order chi connectivity index (χ1) is 19.4. The van der Waals surface area contributed by atoms with E-state index < -0.39 is 21.4 Å². The number of aliphatic imine (C=N–C) groups is 2. The van der Waals surface area contributed by atoms with Gasteiger partial charge >= 0.3 is 0 Å². The number of benzene rings is 1. The van der Waals surface area contributed by atoms with Gasteiger partial charge in [0.2, 0.25) is 16.0 Å². The molecule has 0 fully saturated rings. The van der Waals surface area contributed by atoms with Gasteiger partial charge in [0.25, 0.3) is 0 Å². The number of pyridine rings is 1. The SMILES string of the molecule is C=N/C(C)=C\N=C(/C)[C@H](OC(C)C)[C@H](C)S(=O)(=O)Nc1nnc(-c2cncc(C)c2)n1-c1c(OC)cccc1OC. The Morgan fingerprint density at radius 3 is 2.32 bits per heavy atom. The third kappa shape index (κ3) is 7.35. The first-order valence-corrected chi connectivity index (χ1v) is 14.4. The third-order valence-corrected chi connectivity index (χ3v) is 7.80. The number of nitrogens with one attached hydrogen (secondary N) is 1. The van der Waals surface area contributed by atoms with Crippen LogP contribution in [0.4, 0.5) is 5.95 Å². The highest BCUT2D eigenvalue weighted by Crippen LogP contribution is 2.38. The normalized spacial score (nSPS) is 14.1. The van der Waals surface area contributed by atoms with Crippen LogP contribution >= 0.6 is 0 Å². The van der Waals surface area contributed by atoms with Crippen LogP contribution in [0.1, 0.15) is 40.2 Å². The number of ether oxygens (including phenoxy) is 3. The summed E-state index contributed by atoms with van der Waals surface area (Å²) in [4.78, 5) is 12.5. The van der Waals surface area contributed by atoms with Crippen LogP contribution in [0.2, 0.25) is 0 Å². The van der Waals surface area contributed by atoms with E-state index in [1.165, 1.54) is 20.4 Å². The van der Waals surface area contributed by atoms with E-state index >= 15 is 0 Å². The summed E-state index contributed by atoms with van der Waals surface area (Å²) in [5.74, 6) is 1.10. The summed E-state index contributed by atoms with van der Waals surface area (Å²) >= 11 is 0. The fourth-order valence-corrected chi connectivity index (χ4v) is 5.17. The summed E-state index contributed by atoms with van der Waals surface area (Å²) in [6.45, 7) is 14.0. The zero-order chi connectivity index (χ0) is 30.3. The molecule has 3 rings (SSSR count). The van der Waals surface area contributed by atoms with Gasteiger partial charge in [-0.2, -0.15) is 0 Å². The fourth-order valence-electron chi connectivity index (χ4n) is 4.01. The molecular formula is C28H37N7O5S. The van der Waals surface area contributed by atoms with Crippen LogP contribution in [-0.2, 0) is 14.8 Å². The van der Waals surface area contributed by atoms with Crippen LogP contribution in [0.15, 0.2) is 58.5 Å². The Morgan fingerprint density at radius 1 is 1.10 bits per heavy atom. The molecule has 0 saturated carbocycles. The van der Waals surface area contributed by atoms with E-state index in [1.807, 2.05) is 26.8 Å². The molecule has 1 N–H and O–H groups in total.